The highest BCUT2D eigenvalue weighted by Gasteiger charge is 2.29. The standard InChI is InChI=1S/C26H37N5O3/c32-24(21-6-2-1-3-7-21)18-28-10-12-29(13-11-28)19-25-27-23(20-34-25)26(33)31-16-14-30(15-17-31)22-8-4-5-9-22/h1-3,6-7,20,22,24,32H,4-5,8-19H2/t24-/m1/s1. The minimum atomic E-state index is -0.465. The Morgan fingerprint density at radius 2 is 1.65 bits per heavy atom. The van der Waals surface area contributed by atoms with Crippen molar-refractivity contribution in [2.75, 3.05) is 58.9 Å². The summed E-state index contributed by atoms with van der Waals surface area (Å²) < 4.78 is 5.67. The van der Waals surface area contributed by atoms with Gasteiger partial charge in [-0.1, -0.05) is 43.2 Å². The molecule has 0 bridgehead atoms. The van der Waals surface area contributed by atoms with E-state index >= 15 is 0 Å². The molecule has 1 aromatic carbocycles. The van der Waals surface area contributed by atoms with Crippen LogP contribution in [0.1, 0.15) is 53.7 Å². The van der Waals surface area contributed by atoms with Gasteiger partial charge in [0.2, 0.25) is 5.89 Å². The quantitative estimate of drug-likeness (QED) is 0.669. The third-order valence-corrected chi connectivity index (χ3v) is 7.65. The van der Waals surface area contributed by atoms with E-state index in [1.165, 1.54) is 31.9 Å². The van der Waals surface area contributed by atoms with Crippen LogP contribution in [0.4, 0.5) is 0 Å². The average molecular weight is 468 g/mol. The SMILES string of the molecule is O=C(c1coc(CN2CCN(C[C@@H](O)c3ccccc3)CC2)n1)N1CCN(C2CCCC2)CC1. The number of aliphatic hydroxyl groups excluding tert-OH is 1. The molecule has 0 spiro atoms. The van der Waals surface area contributed by atoms with E-state index in [0.29, 0.717) is 24.7 Å². The second-order valence-corrected chi connectivity index (χ2v) is 9.90. The number of carbonyl (C=O) groups excluding carboxylic acids is 1. The number of nitrogens with zero attached hydrogens (tertiary/aromatic N) is 5. The molecule has 1 aliphatic carbocycles. The van der Waals surface area contributed by atoms with Gasteiger partial charge in [-0.2, -0.15) is 0 Å². The van der Waals surface area contributed by atoms with Gasteiger partial charge in [0.15, 0.2) is 5.69 Å². The highest BCUT2D eigenvalue weighted by Crippen LogP contribution is 2.24. The van der Waals surface area contributed by atoms with Crippen LogP contribution in [-0.2, 0) is 6.54 Å². The average Bonchev–Trinajstić information content (AvgIpc) is 3.58. The van der Waals surface area contributed by atoms with Crippen molar-refractivity contribution >= 4 is 5.91 Å². The zero-order chi connectivity index (χ0) is 23.3. The fourth-order valence-electron chi connectivity index (χ4n) is 5.55. The molecule has 1 N–H and O–H groups in total. The van der Waals surface area contributed by atoms with E-state index in [-0.39, 0.29) is 5.91 Å². The van der Waals surface area contributed by atoms with E-state index in [4.69, 9.17) is 4.42 Å². The van der Waals surface area contributed by atoms with Crippen LogP contribution in [0.25, 0.3) is 0 Å². The van der Waals surface area contributed by atoms with Gasteiger partial charge in [0.1, 0.15) is 6.26 Å². The molecule has 8 nitrogen and oxygen atoms in total. The molecule has 184 valence electrons. The van der Waals surface area contributed by atoms with E-state index in [1.54, 1.807) is 0 Å². The van der Waals surface area contributed by atoms with Crippen LogP contribution in [0.5, 0.6) is 0 Å². The lowest BCUT2D eigenvalue weighted by atomic mass is 10.1. The number of rotatable bonds is 7. The van der Waals surface area contributed by atoms with Crippen LogP contribution in [0.3, 0.4) is 0 Å². The van der Waals surface area contributed by atoms with Gasteiger partial charge in [0.25, 0.3) is 5.91 Å². The van der Waals surface area contributed by atoms with Crippen molar-refractivity contribution in [3.8, 4) is 0 Å². The zero-order valence-corrected chi connectivity index (χ0v) is 20.0. The largest absolute Gasteiger partial charge is 0.447 e. The Kier molecular flexibility index (Phi) is 7.59. The van der Waals surface area contributed by atoms with Crippen molar-refractivity contribution in [3.05, 3.63) is 53.7 Å². The molecule has 1 saturated carbocycles. The maximum Gasteiger partial charge on any atom is 0.275 e. The van der Waals surface area contributed by atoms with Gasteiger partial charge >= 0.3 is 0 Å². The Balaban J connectivity index is 1.06. The van der Waals surface area contributed by atoms with Gasteiger partial charge in [0, 0.05) is 64.9 Å². The third kappa shape index (κ3) is 5.68. The van der Waals surface area contributed by atoms with E-state index < -0.39 is 6.10 Å². The number of amides is 1. The molecule has 2 aliphatic heterocycles. The maximum atomic E-state index is 12.9. The van der Waals surface area contributed by atoms with E-state index in [2.05, 4.69) is 19.7 Å². The molecule has 1 amide bonds. The molecule has 2 aromatic rings. The van der Waals surface area contributed by atoms with Gasteiger partial charge < -0.3 is 14.4 Å². The summed E-state index contributed by atoms with van der Waals surface area (Å²) in [7, 11) is 0. The first-order valence-corrected chi connectivity index (χ1v) is 12.8. The summed E-state index contributed by atoms with van der Waals surface area (Å²) in [5.41, 5.74) is 1.38. The van der Waals surface area contributed by atoms with Gasteiger partial charge in [0.05, 0.1) is 12.6 Å². The highest BCUT2D eigenvalue weighted by molar-refractivity contribution is 5.92. The smallest absolute Gasteiger partial charge is 0.275 e. The lowest BCUT2D eigenvalue weighted by Crippen LogP contribution is -2.51. The van der Waals surface area contributed by atoms with Crippen LogP contribution in [0.2, 0.25) is 0 Å². The van der Waals surface area contributed by atoms with Crippen molar-refractivity contribution in [2.45, 2.75) is 44.4 Å². The highest BCUT2D eigenvalue weighted by atomic mass is 16.3. The van der Waals surface area contributed by atoms with Gasteiger partial charge in [-0.15, -0.1) is 0 Å². The number of β-amino-alcohol motifs (C(OH)–C–C–N with tert-alkyl or cyclic N) is 1. The third-order valence-electron chi connectivity index (χ3n) is 7.65. The van der Waals surface area contributed by atoms with Crippen molar-refractivity contribution in [1.82, 2.24) is 24.6 Å². The number of hydrogen-bond donors (Lipinski definition) is 1. The number of aromatic nitrogens is 1. The van der Waals surface area contributed by atoms with Crippen LogP contribution in [0, 0.1) is 0 Å². The number of aliphatic hydroxyl groups is 1. The Morgan fingerprint density at radius 3 is 2.35 bits per heavy atom. The first-order chi connectivity index (χ1) is 16.7. The van der Waals surface area contributed by atoms with Gasteiger partial charge in [-0.25, -0.2) is 4.98 Å². The molecule has 3 heterocycles. The monoisotopic (exact) mass is 467 g/mol. The molecule has 34 heavy (non-hydrogen) atoms. The molecule has 3 fully saturated rings. The minimum absolute atomic E-state index is 0.0132. The van der Waals surface area contributed by atoms with Gasteiger partial charge in [-0.05, 0) is 18.4 Å². The molecule has 5 rings (SSSR count). The second-order valence-electron chi connectivity index (χ2n) is 9.90. The maximum absolute atomic E-state index is 12.9. The summed E-state index contributed by atoms with van der Waals surface area (Å²) in [6.07, 6.45) is 6.36. The van der Waals surface area contributed by atoms with Crippen LogP contribution >= 0.6 is 0 Å². The minimum Gasteiger partial charge on any atom is -0.447 e. The van der Waals surface area contributed by atoms with Crippen LogP contribution in [0.15, 0.2) is 41.0 Å². The van der Waals surface area contributed by atoms with E-state index in [1.807, 2.05) is 35.2 Å². The van der Waals surface area contributed by atoms with Crippen molar-refractivity contribution in [3.63, 3.8) is 0 Å². The molecule has 0 radical (unpaired) electrons. The van der Waals surface area contributed by atoms with Gasteiger partial charge in [-0.3, -0.25) is 19.5 Å². The molecular weight excluding hydrogens is 430 g/mol. The Labute approximate surface area is 202 Å². The molecule has 1 atom stereocenters. The molecular formula is C26H37N5O3. The lowest BCUT2D eigenvalue weighted by Gasteiger charge is -2.37. The lowest BCUT2D eigenvalue weighted by molar-refractivity contribution is 0.0567. The molecule has 3 aliphatic rings. The molecule has 2 saturated heterocycles. The Morgan fingerprint density at radius 1 is 0.971 bits per heavy atom. The fourth-order valence-corrected chi connectivity index (χ4v) is 5.55. The van der Waals surface area contributed by atoms with Crippen molar-refractivity contribution in [1.29, 1.82) is 0 Å². The summed E-state index contributed by atoms with van der Waals surface area (Å²) in [4.78, 5) is 26.5. The van der Waals surface area contributed by atoms with Crippen molar-refractivity contribution in [2.24, 2.45) is 0 Å². The normalized spacial score (nSPS) is 22.3. The number of piperazine rings is 2. The van der Waals surface area contributed by atoms with Crippen LogP contribution in [-0.4, -0.2) is 101 Å². The second kappa shape index (κ2) is 11.0. The Hall–Kier alpha value is -2.26. The zero-order valence-electron chi connectivity index (χ0n) is 20.0. The van der Waals surface area contributed by atoms with E-state index in [0.717, 1.165) is 64.0 Å². The Bertz CT molecular complexity index is 914. The molecule has 1 aromatic heterocycles. The van der Waals surface area contributed by atoms with E-state index in [9.17, 15) is 9.90 Å². The first kappa shape index (κ1) is 23.5. The number of hydrogen-bond acceptors (Lipinski definition) is 7. The predicted molar refractivity (Wildman–Crippen MR) is 129 cm³/mol. The number of carbonyl (C=O) groups is 1. The summed E-state index contributed by atoms with van der Waals surface area (Å²) >= 11 is 0. The first-order valence-electron chi connectivity index (χ1n) is 12.8. The fraction of sp³-hybridized carbons (Fsp3) is 0.615. The summed E-state index contributed by atoms with van der Waals surface area (Å²) in [6, 6.07) is 10.5. The van der Waals surface area contributed by atoms with Crippen LogP contribution < -0.4 is 0 Å². The van der Waals surface area contributed by atoms with Crippen molar-refractivity contribution < 1.29 is 14.3 Å². The summed E-state index contributed by atoms with van der Waals surface area (Å²) in [5.74, 6) is 0.589. The molecule has 0 unspecified atom stereocenters. The number of benzene rings is 1. The number of oxazole rings is 1. The topological polar surface area (TPSA) is 76.3 Å². The summed E-state index contributed by atoms with van der Waals surface area (Å²) in [5, 5.41) is 10.5. The summed E-state index contributed by atoms with van der Waals surface area (Å²) in [6.45, 7) is 8.27. The predicted octanol–water partition coefficient (Wildman–Crippen LogP) is 2.23. The molecule has 8 heteroatoms.